The number of rotatable bonds is 6. The zero-order valence-electron chi connectivity index (χ0n) is 15.7. The molecule has 0 spiro atoms. The first-order valence-corrected chi connectivity index (χ1v) is 8.90. The number of hydrogen-bond acceptors (Lipinski definition) is 7. The normalized spacial score (nSPS) is 13.9. The van der Waals surface area contributed by atoms with Gasteiger partial charge < -0.3 is 18.9 Å². The number of methoxy groups -OCH3 is 2. The summed E-state index contributed by atoms with van der Waals surface area (Å²) in [4.78, 5) is 22.7. The summed E-state index contributed by atoms with van der Waals surface area (Å²) in [6, 6.07) is 9.16. The van der Waals surface area contributed by atoms with Crippen molar-refractivity contribution in [2.45, 2.75) is 12.3 Å². The molecule has 0 aliphatic carbocycles. The molecule has 144 valence electrons. The van der Waals surface area contributed by atoms with Crippen molar-refractivity contribution in [2.24, 2.45) is 0 Å². The van der Waals surface area contributed by atoms with Crippen molar-refractivity contribution in [1.29, 1.82) is 0 Å². The van der Waals surface area contributed by atoms with Crippen LogP contribution in [0.5, 0.6) is 11.5 Å². The van der Waals surface area contributed by atoms with Gasteiger partial charge in [0.25, 0.3) is 0 Å². The Balaban J connectivity index is 1.35. The van der Waals surface area contributed by atoms with Crippen molar-refractivity contribution in [3.8, 4) is 22.9 Å². The number of likely N-dealkylation sites (tertiary alicyclic amines) is 1. The van der Waals surface area contributed by atoms with E-state index in [-0.39, 0.29) is 11.8 Å². The molecular formula is C20H20N4O4. The Morgan fingerprint density at radius 1 is 1.14 bits per heavy atom. The Labute approximate surface area is 162 Å². The van der Waals surface area contributed by atoms with Crippen LogP contribution in [-0.4, -0.2) is 53.2 Å². The van der Waals surface area contributed by atoms with Crippen molar-refractivity contribution in [3.63, 3.8) is 0 Å². The summed E-state index contributed by atoms with van der Waals surface area (Å²) in [6.45, 7) is 1.15. The average molecular weight is 380 g/mol. The fourth-order valence-corrected chi connectivity index (χ4v) is 3.13. The highest BCUT2D eigenvalue weighted by molar-refractivity contribution is 5.80. The maximum Gasteiger partial charge on any atom is 0.233 e. The molecule has 1 aliphatic rings. The molecule has 28 heavy (non-hydrogen) atoms. The highest BCUT2D eigenvalue weighted by Crippen LogP contribution is 2.30. The van der Waals surface area contributed by atoms with Gasteiger partial charge in [0.05, 0.1) is 26.6 Å². The fourth-order valence-electron chi connectivity index (χ4n) is 3.13. The lowest BCUT2D eigenvalue weighted by Crippen LogP contribution is -2.49. The van der Waals surface area contributed by atoms with Crippen LogP contribution in [0.1, 0.15) is 17.4 Å². The van der Waals surface area contributed by atoms with E-state index in [1.54, 1.807) is 37.6 Å². The van der Waals surface area contributed by atoms with E-state index in [0.717, 1.165) is 11.1 Å². The third-order valence-electron chi connectivity index (χ3n) is 4.77. The Kier molecular flexibility index (Phi) is 4.92. The molecule has 1 aliphatic heterocycles. The van der Waals surface area contributed by atoms with Crippen molar-refractivity contribution in [3.05, 3.63) is 54.2 Å². The van der Waals surface area contributed by atoms with Crippen LogP contribution >= 0.6 is 0 Å². The standard InChI is InChI=1S/C20H20N4O4/c1-26-16-4-3-13(9-17(16)27-2)10-18(25)24-11-15(12-24)20-22-19(23-28-20)14-5-7-21-8-6-14/h3-9,15H,10-12H2,1-2H3. The largest absolute Gasteiger partial charge is 0.493 e. The van der Waals surface area contributed by atoms with E-state index in [4.69, 9.17) is 14.0 Å². The lowest BCUT2D eigenvalue weighted by Gasteiger charge is -2.37. The quantitative estimate of drug-likeness (QED) is 0.648. The van der Waals surface area contributed by atoms with Gasteiger partial charge in [-0.3, -0.25) is 9.78 Å². The lowest BCUT2D eigenvalue weighted by molar-refractivity contribution is -0.135. The minimum Gasteiger partial charge on any atom is -0.493 e. The minimum atomic E-state index is 0.0531. The summed E-state index contributed by atoms with van der Waals surface area (Å²) >= 11 is 0. The van der Waals surface area contributed by atoms with Crippen molar-refractivity contribution in [2.75, 3.05) is 27.3 Å². The highest BCUT2D eigenvalue weighted by atomic mass is 16.5. The monoisotopic (exact) mass is 380 g/mol. The molecule has 3 aromatic rings. The number of ether oxygens (including phenoxy) is 2. The second kappa shape index (κ2) is 7.67. The SMILES string of the molecule is COc1ccc(CC(=O)N2CC(c3nc(-c4ccncc4)no3)C2)cc1OC. The summed E-state index contributed by atoms with van der Waals surface area (Å²) in [5.41, 5.74) is 1.73. The molecule has 0 radical (unpaired) electrons. The van der Waals surface area contributed by atoms with Gasteiger partial charge in [-0.2, -0.15) is 4.98 Å². The van der Waals surface area contributed by atoms with Gasteiger partial charge in [-0.05, 0) is 29.8 Å². The molecule has 0 saturated carbocycles. The molecule has 8 heteroatoms. The van der Waals surface area contributed by atoms with Crippen LogP contribution in [0.2, 0.25) is 0 Å². The summed E-state index contributed by atoms with van der Waals surface area (Å²) < 4.78 is 15.9. The van der Waals surface area contributed by atoms with Crippen LogP contribution in [0.3, 0.4) is 0 Å². The van der Waals surface area contributed by atoms with Crippen LogP contribution in [0.25, 0.3) is 11.4 Å². The van der Waals surface area contributed by atoms with Crippen molar-refractivity contribution >= 4 is 5.91 Å². The maximum absolute atomic E-state index is 12.5. The second-order valence-electron chi connectivity index (χ2n) is 6.55. The number of carbonyl (C=O) groups is 1. The number of hydrogen-bond donors (Lipinski definition) is 0. The molecule has 0 bridgehead atoms. The number of amides is 1. The van der Waals surface area contributed by atoms with E-state index < -0.39 is 0 Å². The topological polar surface area (TPSA) is 90.6 Å². The molecule has 8 nitrogen and oxygen atoms in total. The Morgan fingerprint density at radius 2 is 1.89 bits per heavy atom. The molecule has 0 unspecified atom stereocenters. The molecule has 0 atom stereocenters. The second-order valence-corrected chi connectivity index (χ2v) is 6.55. The summed E-state index contributed by atoms with van der Waals surface area (Å²) in [6.07, 6.45) is 3.67. The smallest absolute Gasteiger partial charge is 0.233 e. The van der Waals surface area contributed by atoms with Gasteiger partial charge in [0, 0.05) is 31.0 Å². The summed E-state index contributed by atoms with van der Waals surface area (Å²) in [7, 11) is 3.16. The van der Waals surface area contributed by atoms with E-state index in [9.17, 15) is 4.79 Å². The Bertz CT molecular complexity index is 967. The molecule has 3 heterocycles. The third kappa shape index (κ3) is 3.53. The van der Waals surface area contributed by atoms with Gasteiger partial charge in [0.1, 0.15) is 0 Å². The maximum atomic E-state index is 12.5. The predicted octanol–water partition coefficient (Wildman–Crippen LogP) is 2.32. The number of benzene rings is 1. The van der Waals surface area contributed by atoms with Crippen LogP contribution < -0.4 is 9.47 Å². The number of pyridine rings is 1. The first-order valence-electron chi connectivity index (χ1n) is 8.90. The molecule has 0 N–H and O–H groups in total. The molecular weight excluding hydrogens is 360 g/mol. The third-order valence-corrected chi connectivity index (χ3v) is 4.77. The van der Waals surface area contributed by atoms with Crippen LogP contribution in [0, 0.1) is 0 Å². The summed E-state index contributed by atoms with van der Waals surface area (Å²) in [5.74, 6) is 2.47. The average Bonchev–Trinajstić information content (AvgIpc) is 3.17. The fraction of sp³-hybridized carbons (Fsp3) is 0.300. The van der Waals surface area contributed by atoms with Crippen LogP contribution in [0.4, 0.5) is 0 Å². The van der Waals surface area contributed by atoms with E-state index in [1.807, 2.05) is 24.3 Å². The number of carbonyl (C=O) groups excluding carboxylic acids is 1. The summed E-state index contributed by atoms with van der Waals surface area (Å²) in [5, 5.41) is 4.02. The molecule has 1 aromatic carbocycles. The number of aromatic nitrogens is 3. The lowest BCUT2D eigenvalue weighted by atomic mass is 9.98. The van der Waals surface area contributed by atoms with E-state index >= 15 is 0 Å². The van der Waals surface area contributed by atoms with Gasteiger partial charge in [-0.15, -0.1) is 0 Å². The first-order chi connectivity index (χ1) is 13.7. The predicted molar refractivity (Wildman–Crippen MR) is 100 cm³/mol. The van der Waals surface area contributed by atoms with Gasteiger partial charge >= 0.3 is 0 Å². The van der Waals surface area contributed by atoms with Gasteiger partial charge in [0.2, 0.25) is 17.6 Å². The van der Waals surface area contributed by atoms with Crippen molar-refractivity contribution in [1.82, 2.24) is 20.0 Å². The van der Waals surface area contributed by atoms with Crippen molar-refractivity contribution < 1.29 is 18.8 Å². The molecule has 1 fully saturated rings. The van der Waals surface area contributed by atoms with E-state index in [1.165, 1.54) is 0 Å². The van der Waals surface area contributed by atoms with Gasteiger partial charge in [-0.1, -0.05) is 11.2 Å². The highest BCUT2D eigenvalue weighted by Gasteiger charge is 2.35. The van der Waals surface area contributed by atoms with E-state index in [2.05, 4.69) is 15.1 Å². The van der Waals surface area contributed by atoms with Gasteiger partial charge in [0.15, 0.2) is 11.5 Å². The number of nitrogens with zero attached hydrogens (tertiary/aromatic N) is 4. The van der Waals surface area contributed by atoms with Crippen LogP contribution in [-0.2, 0) is 11.2 Å². The zero-order valence-corrected chi connectivity index (χ0v) is 15.7. The Hall–Kier alpha value is -3.42. The molecule has 2 aromatic heterocycles. The minimum absolute atomic E-state index is 0.0531. The van der Waals surface area contributed by atoms with Gasteiger partial charge in [-0.25, -0.2) is 0 Å². The van der Waals surface area contributed by atoms with Crippen LogP contribution in [0.15, 0.2) is 47.2 Å². The molecule has 1 amide bonds. The molecule has 4 rings (SSSR count). The van der Waals surface area contributed by atoms with E-state index in [0.29, 0.717) is 42.7 Å². The first kappa shape index (κ1) is 18.0. The zero-order chi connectivity index (χ0) is 19.5. The molecule has 1 saturated heterocycles. The Morgan fingerprint density at radius 3 is 2.61 bits per heavy atom.